The van der Waals surface area contributed by atoms with Crippen LogP contribution in [0.15, 0.2) is 17.1 Å². The van der Waals surface area contributed by atoms with Gasteiger partial charge in [0.15, 0.2) is 17.7 Å². The van der Waals surface area contributed by atoms with Gasteiger partial charge in [-0.15, -0.1) is 0 Å². The van der Waals surface area contributed by atoms with Gasteiger partial charge >= 0.3 is 7.60 Å². The molecule has 0 radical (unpaired) electrons. The molecule has 1 aliphatic rings. The van der Waals surface area contributed by atoms with Gasteiger partial charge in [-0.3, -0.25) is 14.3 Å². The van der Waals surface area contributed by atoms with Gasteiger partial charge in [0, 0.05) is 12.6 Å². The molecule has 3 unspecified atom stereocenters. The molecule has 3 heterocycles. The SMILES string of the molecule is CCC(C)(C[C@H]1O[C@@H](n2ccc3c(=O)[nH]c(N)nc32)[C@H](O)[C@@H]1O)OP(=O)(O)C(C)O. The fraction of sp³-hybridized carbons (Fsp3) is 0.647. The zero-order chi connectivity index (χ0) is 22.4. The van der Waals surface area contributed by atoms with E-state index in [0.717, 1.165) is 6.92 Å². The maximum absolute atomic E-state index is 12.1. The monoisotopic (exact) mass is 446 g/mol. The van der Waals surface area contributed by atoms with E-state index in [0.29, 0.717) is 0 Å². The maximum Gasteiger partial charge on any atom is 0.356 e. The van der Waals surface area contributed by atoms with E-state index in [2.05, 4.69) is 9.97 Å². The largest absolute Gasteiger partial charge is 0.388 e. The number of nitrogens with two attached hydrogens (primary N) is 1. The summed E-state index contributed by atoms with van der Waals surface area (Å²) in [6.07, 6.45) is -3.02. The molecule has 3 rings (SSSR count). The molecule has 7 N–H and O–H groups in total. The minimum Gasteiger partial charge on any atom is -0.388 e. The first-order valence-electron chi connectivity index (χ1n) is 9.48. The fourth-order valence-electron chi connectivity index (χ4n) is 3.46. The number of aromatic nitrogens is 3. The van der Waals surface area contributed by atoms with Crippen molar-refractivity contribution in [2.24, 2.45) is 0 Å². The van der Waals surface area contributed by atoms with E-state index in [-0.39, 0.29) is 29.8 Å². The first-order chi connectivity index (χ1) is 13.9. The highest BCUT2D eigenvalue weighted by molar-refractivity contribution is 7.53. The normalized spacial score (nSPS) is 29.6. The number of nitrogen functional groups attached to an aromatic ring is 1. The van der Waals surface area contributed by atoms with Crippen LogP contribution >= 0.6 is 7.60 Å². The third kappa shape index (κ3) is 4.17. The summed E-state index contributed by atoms with van der Waals surface area (Å²) >= 11 is 0. The average molecular weight is 446 g/mol. The van der Waals surface area contributed by atoms with Crippen molar-refractivity contribution in [3.63, 3.8) is 0 Å². The van der Waals surface area contributed by atoms with Gasteiger partial charge in [0.05, 0.1) is 17.1 Å². The van der Waals surface area contributed by atoms with E-state index in [1.54, 1.807) is 13.8 Å². The molecule has 0 bridgehead atoms. The van der Waals surface area contributed by atoms with Crippen LogP contribution in [0, 0.1) is 0 Å². The fourth-order valence-corrected chi connectivity index (χ4v) is 4.44. The molecule has 0 aliphatic carbocycles. The highest BCUT2D eigenvalue weighted by Gasteiger charge is 2.48. The van der Waals surface area contributed by atoms with Gasteiger partial charge in [-0.05, 0) is 26.3 Å². The van der Waals surface area contributed by atoms with Crippen molar-refractivity contribution in [1.29, 1.82) is 0 Å². The lowest BCUT2D eigenvalue weighted by Gasteiger charge is -2.34. The molecule has 30 heavy (non-hydrogen) atoms. The van der Waals surface area contributed by atoms with Crippen molar-refractivity contribution in [3.8, 4) is 0 Å². The summed E-state index contributed by atoms with van der Waals surface area (Å²) in [6, 6.07) is 1.49. The van der Waals surface area contributed by atoms with Gasteiger partial charge < -0.3 is 39.8 Å². The lowest BCUT2D eigenvalue weighted by Crippen LogP contribution is -2.38. The highest BCUT2D eigenvalue weighted by atomic mass is 31.2. The lowest BCUT2D eigenvalue weighted by atomic mass is 9.93. The number of anilines is 1. The maximum atomic E-state index is 12.1. The summed E-state index contributed by atoms with van der Waals surface area (Å²) in [6.45, 7) is 4.42. The molecule has 7 atom stereocenters. The molecule has 0 spiro atoms. The van der Waals surface area contributed by atoms with Gasteiger partial charge in [0.1, 0.15) is 12.2 Å². The average Bonchev–Trinajstić information content (AvgIpc) is 3.17. The van der Waals surface area contributed by atoms with Crippen LogP contribution in [0.2, 0.25) is 0 Å². The lowest BCUT2D eigenvalue weighted by molar-refractivity contribution is -0.0664. The van der Waals surface area contributed by atoms with Gasteiger partial charge in [-0.1, -0.05) is 6.92 Å². The van der Waals surface area contributed by atoms with E-state index in [4.69, 9.17) is 15.0 Å². The smallest absolute Gasteiger partial charge is 0.356 e. The minimum absolute atomic E-state index is 0.0369. The second-order valence-electron chi connectivity index (χ2n) is 7.75. The Hall–Kier alpha value is -1.79. The molecule has 0 amide bonds. The third-order valence-corrected chi connectivity index (χ3v) is 7.06. The number of hydrogen-bond acceptors (Lipinski definition) is 9. The van der Waals surface area contributed by atoms with Crippen LogP contribution < -0.4 is 11.3 Å². The van der Waals surface area contributed by atoms with Crippen LogP contribution in [-0.2, 0) is 13.8 Å². The molecule has 2 aromatic rings. The summed E-state index contributed by atoms with van der Waals surface area (Å²) in [5.74, 6) is -1.70. The Bertz CT molecular complexity index is 1020. The number of aromatic amines is 1. The zero-order valence-electron chi connectivity index (χ0n) is 16.8. The van der Waals surface area contributed by atoms with Crippen LogP contribution in [0.5, 0.6) is 0 Å². The molecular weight excluding hydrogens is 419 g/mol. The standard InChI is InChI=1S/C17H27N4O8P/c1-4-17(3,29-30(26,27)8(2)22)7-10-11(23)12(24)15(28-10)21-6-5-9-13(21)19-16(18)20-14(9)25/h5-6,8,10-12,15,22-24H,4,7H2,1-3H3,(H,26,27)(H3,18,19,20,25)/t8?,10-,11-,12-,15-,17?/m1/s1. The van der Waals surface area contributed by atoms with E-state index in [1.165, 1.54) is 16.8 Å². The first-order valence-corrected chi connectivity index (χ1v) is 11.1. The Morgan fingerprint density at radius 3 is 2.73 bits per heavy atom. The number of ether oxygens (including phenoxy) is 1. The predicted octanol–water partition coefficient (Wildman–Crippen LogP) is 0.0251. The number of fused-ring (bicyclic) bond motifs is 1. The number of nitrogens with one attached hydrogen (secondary N) is 1. The highest BCUT2D eigenvalue weighted by Crippen LogP contribution is 2.52. The van der Waals surface area contributed by atoms with Crippen LogP contribution in [0.25, 0.3) is 11.0 Å². The molecule has 1 aliphatic heterocycles. The molecule has 2 aromatic heterocycles. The van der Waals surface area contributed by atoms with Crippen molar-refractivity contribution in [2.45, 2.75) is 69.6 Å². The number of hydrogen-bond donors (Lipinski definition) is 6. The van der Waals surface area contributed by atoms with Gasteiger partial charge in [-0.25, -0.2) is 0 Å². The number of aliphatic hydroxyl groups excluding tert-OH is 3. The molecule has 1 saturated heterocycles. The number of nitrogens with zero attached hydrogens (tertiary/aromatic N) is 2. The minimum atomic E-state index is -4.31. The molecule has 0 saturated carbocycles. The summed E-state index contributed by atoms with van der Waals surface area (Å²) < 4.78 is 24.7. The predicted molar refractivity (Wildman–Crippen MR) is 107 cm³/mol. The summed E-state index contributed by atoms with van der Waals surface area (Å²) in [5.41, 5.74) is 4.11. The number of H-pyrrole nitrogens is 1. The van der Waals surface area contributed by atoms with Gasteiger partial charge in [-0.2, -0.15) is 4.98 Å². The van der Waals surface area contributed by atoms with Gasteiger partial charge in [0.2, 0.25) is 5.95 Å². The first kappa shape index (κ1) is 22.9. The van der Waals surface area contributed by atoms with E-state index < -0.39 is 49.1 Å². The quantitative estimate of drug-likeness (QED) is 0.316. The van der Waals surface area contributed by atoms with Crippen LogP contribution in [-0.4, -0.2) is 64.5 Å². The summed E-state index contributed by atoms with van der Waals surface area (Å²) in [7, 11) is -4.31. The van der Waals surface area contributed by atoms with Crippen molar-refractivity contribution in [1.82, 2.24) is 14.5 Å². The molecule has 168 valence electrons. The van der Waals surface area contributed by atoms with Gasteiger partial charge in [0.25, 0.3) is 5.56 Å². The topological polar surface area (TPSA) is 193 Å². The van der Waals surface area contributed by atoms with E-state index >= 15 is 0 Å². The molecule has 13 heteroatoms. The second-order valence-corrected chi connectivity index (χ2v) is 9.81. The van der Waals surface area contributed by atoms with Crippen molar-refractivity contribution in [3.05, 3.63) is 22.6 Å². The number of aliphatic hydroxyl groups is 3. The number of rotatable bonds is 7. The Morgan fingerprint density at radius 1 is 1.47 bits per heavy atom. The molecule has 1 fully saturated rings. The Kier molecular flexibility index (Phi) is 6.14. The van der Waals surface area contributed by atoms with Crippen LogP contribution in [0.1, 0.15) is 39.8 Å². The zero-order valence-corrected chi connectivity index (χ0v) is 17.7. The summed E-state index contributed by atoms with van der Waals surface area (Å²) in [4.78, 5) is 28.4. The summed E-state index contributed by atoms with van der Waals surface area (Å²) in [5, 5.41) is 30.8. The van der Waals surface area contributed by atoms with E-state index in [1.807, 2.05) is 0 Å². The second kappa shape index (κ2) is 8.04. The van der Waals surface area contributed by atoms with Crippen molar-refractivity contribution < 1.29 is 34.0 Å². The third-order valence-electron chi connectivity index (χ3n) is 5.42. The van der Waals surface area contributed by atoms with Crippen LogP contribution in [0.4, 0.5) is 5.95 Å². The molecule has 12 nitrogen and oxygen atoms in total. The van der Waals surface area contributed by atoms with E-state index in [9.17, 15) is 29.6 Å². The molecular formula is C17H27N4O8P. The Balaban J connectivity index is 1.87. The van der Waals surface area contributed by atoms with Crippen molar-refractivity contribution in [2.75, 3.05) is 5.73 Å². The molecule has 0 aromatic carbocycles. The van der Waals surface area contributed by atoms with Crippen LogP contribution in [0.3, 0.4) is 0 Å². The Morgan fingerprint density at radius 2 is 2.13 bits per heavy atom. The Labute approximate surface area is 171 Å². The van der Waals surface area contributed by atoms with Crippen molar-refractivity contribution >= 4 is 24.6 Å².